The minimum atomic E-state index is 0.0337. The van der Waals surface area contributed by atoms with E-state index in [-0.39, 0.29) is 5.60 Å². The predicted molar refractivity (Wildman–Crippen MR) is 62.9 cm³/mol. The van der Waals surface area contributed by atoms with Gasteiger partial charge in [0, 0.05) is 13.1 Å². The Morgan fingerprint density at radius 3 is 2.40 bits per heavy atom. The van der Waals surface area contributed by atoms with Gasteiger partial charge in [-0.3, -0.25) is 0 Å². The fourth-order valence-electron chi connectivity index (χ4n) is 2.93. The van der Waals surface area contributed by atoms with Gasteiger partial charge in [0.15, 0.2) is 0 Å². The van der Waals surface area contributed by atoms with Crippen molar-refractivity contribution >= 4 is 0 Å². The second-order valence-electron chi connectivity index (χ2n) is 6.07. The molecule has 1 atom stereocenters. The van der Waals surface area contributed by atoms with Crippen molar-refractivity contribution in [3.05, 3.63) is 0 Å². The maximum atomic E-state index is 6.19. The van der Waals surface area contributed by atoms with Crippen molar-refractivity contribution in [2.45, 2.75) is 58.2 Å². The van der Waals surface area contributed by atoms with Gasteiger partial charge in [-0.15, -0.1) is 0 Å². The van der Waals surface area contributed by atoms with E-state index in [1.807, 2.05) is 0 Å². The maximum absolute atomic E-state index is 6.19. The summed E-state index contributed by atoms with van der Waals surface area (Å²) in [6, 6.07) is 0. The van der Waals surface area contributed by atoms with Gasteiger partial charge in [0.25, 0.3) is 0 Å². The molecule has 2 fully saturated rings. The molecule has 1 saturated heterocycles. The van der Waals surface area contributed by atoms with E-state index in [1.54, 1.807) is 0 Å². The van der Waals surface area contributed by atoms with E-state index in [2.05, 4.69) is 26.1 Å². The summed E-state index contributed by atoms with van der Waals surface area (Å²) < 4.78 is 6.19. The molecule has 0 aromatic rings. The molecular formula is C13H25NO. The molecule has 0 amide bonds. The SMILES string of the molecule is CC1CCC(C2CNCC(C)(C)O2)CC1. The quantitative estimate of drug-likeness (QED) is 0.720. The van der Waals surface area contributed by atoms with Crippen molar-refractivity contribution in [2.75, 3.05) is 13.1 Å². The summed E-state index contributed by atoms with van der Waals surface area (Å²) >= 11 is 0. The van der Waals surface area contributed by atoms with E-state index in [9.17, 15) is 0 Å². The molecule has 1 unspecified atom stereocenters. The van der Waals surface area contributed by atoms with Crippen molar-refractivity contribution < 1.29 is 4.74 Å². The van der Waals surface area contributed by atoms with Gasteiger partial charge >= 0.3 is 0 Å². The summed E-state index contributed by atoms with van der Waals surface area (Å²) in [7, 11) is 0. The first-order valence-corrected chi connectivity index (χ1v) is 6.45. The van der Waals surface area contributed by atoms with Crippen LogP contribution in [-0.4, -0.2) is 24.8 Å². The zero-order valence-electron chi connectivity index (χ0n) is 10.4. The summed E-state index contributed by atoms with van der Waals surface area (Å²) in [6.07, 6.45) is 5.98. The third kappa shape index (κ3) is 2.94. The number of morpholine rings is 1. The van der Waals surface area contributed by atoms with Crippen LogP contribution < -0.4 is 5.32 Å². The van der Waals surface area contributed by atoms with E-state index >= 15 is 0 Å². The van der Waals surface area contributed by atoms with Crippen LogP contribution in [0, 0.1) is 11.8 Å². The zero-order valence-corrected chi connectivity index (χ0v) is 10.4. The Hall–Kier alpha value is -0.0800. The van der Waals surface area contributed by atoms with E-state index in [0.29, 0.717) is 6.10 Å². The second-order valence-corrected chi connectivity index (χ2v) is 6.07. The van der Waals surface area contributed by atoms with E-state index in [1.165, 1.54) is 25.7 Å². The predicted octanol–water partition coefficient (Wildman–Crippen LogP) is 2.58. The highest BCUT2D eigenvalue weighted by Gasteiger charge is 2.34. The molecule has 0 aromatic heterocycles. The number of hydrogen-bond donors (Lipinski definition) is 1. The molecule has 1 aliphatic carbocycles. The van der Waals surface area contributed by atoms with E-state index in [4.69, 9.17) is 4.74 Å². The standard InChI is InChI=1S/C13H25NO/c1-10-4-6-11(7-5-10)12-8-14-9-13(2,3)15-12/h10-12,14H,4-9H2,1-3H3. The van der Waals surface area contributed by atoms with Crippen LogP contribution in [-0.2, 0) is 4.74 Å². The molecule has 0 spiro atoms. The lowest BCUT2D eigenvalue weighted by Gasteiger charge is -2.42. The molecule has 1 saturated carbocycles. The summed E-state index contributed by atoms with van der Waals surface area (Å²) in [5, 5.41) is 3.51. The Balaban J connectivity index is 1.88. The van der Waals surface area contributed by atoms with Gasteiger partial charge in [0.05, 0.1) is 11.7 Å². The molecule has 0 bridgehead atoms. The van der Waals surface area contributed by atoms with Crippen molar-refractivity contribution in [2.24, 2.45) is 11.8 Å². The molecule has 2 aliphatic rings. The lowest BCUT2D eigenvalue weighted by Crippen LogP contribution is -2.53. The number of nitrogens with one attached hydrogen (secondary N) is 1. The van der Waals surface area contributed by atoms with Crippen molar-refractivity contribution in [1.29, 1.82) is 0 Å². The highest BCUT2D eigenvalue weighted by molar-refractivity contribution is 4.86. The van der Waals surface area contributed by atoms with Gasteiger partial charge in [-0.05, 0) is 38.5 Å². The van der Waals surface area contributed by atoms with Crippen LogP contribution in [0.2, 0.25) is 0 Å². The molecule has 15 heavy (non-hydrogen) atoms. The molecule has 2 nitrogen and oxygen atoms in total. The van der Waals surface area contributed by atoms with Gasteiger partial charge in [-0.25, -0.2) is 0 Å². The number of hydrogen-bond acceptors (Lipinski definition) is 2. The largest absolute Gasteiger partial charge is 0.369 e. The van der Waals surface area contributed by atoms with Gasteiger partial charge < -0.3 is 10.1 Å². The first-order valence-electron chi connectivity index (χ1n) is 6.45. The fraction of sp³-hybridized carbons (Fsp3) is 1.00. The monoisotopic (exact) mass is 211 g/mol. The van der Waals surface area contributed by atoms with Crippen LogP contribution in [0.4, 0.5) is 0 Å². The molecule has 0 aromatic carbocycles. The molecule has 1 N–H and O–H groups in total. The average Bonchev–Trinajstić information content (AvgIpc) is 2.17. The molecule has 1 heterocycles. The van der Waals surface area contributed by atoms with Gasteiger partial charge in [-0.2, -0.15) is 0 Å². The number of ether oxygens (including phenoxy) is 1. The molecular weight excluding hydrogens is 186 g/mol. The minimum Gasteiger partial charge on any atom is -0.369 e. The first-order chi connectivity index (χ1) is 7.07. The number of rotatable bonds is 1. The van der Waals surface area contributed by atoms with Gasteiger partial charge in [-0.1, -0.05) is 19.8 Å². The van der Waals surface area contributed by atoms with E-state index in [0.717, 1.165) is 24.9 Å². The Kier molecular flexibility index (Phi) is 3.36. The fourth-order valence-corrected chi connectivity index (χ4v) is 2.93. The Labute approximate surface area is 93.8 Å². The van der Waals surface area contributed by atoms with Crippen molar-refractivity contribution in [3.8, 4) is 0 Å². The Morgan fingerprint density at radius 1 is 1.13 bits per heavy atom. The highest BCUT2D eigenvalue weighted by Crippen LogP contribution is 2.33. The van der Waals surface area contributed by atoms with Crippen molar-refractivity contribution in [1.82, 2.24) is 5.32 Å². The lowest BCUT2D eigenvalue weighted by molar-refractivity contribution is -0.122. The van der Waals surface area contributed by atoms with Crippen LogP contribution in [0.15, 0.2) is 0 Å². The summed E-state index contributed by atoms with van der Waals surface area (Å²) in [4.78, 5) is 0. The third-order valence-electron chi connectivity index (χ3n) is 3.95. The highest BCUT2D eigenvalue weighted by atomic mass is 16.5. The average molecular weight is 211 g/mol. The van der Waals surface area contributed by atoms with Crippen LogP contribution in [0.1, 0.15) is 46.5 Å². The Bertz CT molecular complexity index is 207. The lowest BCUT2D eigenvalue weighted by atomic mass is 9.79. The molecule has 2 heteroatoms. The van der Waals surface area contributed by atoms with Crippen molar-refractivity contribution in [3.63, 3.8) is 0 Å². The molecule has 1 aliphatic heterocycles. The first kappa shape index (κ1) is 11.4. The van der Waals surface area contributed by atoms with Gasteiger partial charge in [0.2, 0.25) is 0 Å². The van der Waals surface area contributed by atoms with Crippen LogP contribution in [0.3, 0.4) is 0 Å². The molecule has 2 rings (SSSR count). The Morgan fingerprint density at radius 2 is 1.80 bits per heavy atom. The minimum absolute atomic E-state index is 0.0337. The topological polar surface area (TPSA) is 21.3 Å². The second kappa shape index (κ2) is 4.42. The van der Waals surface area contributed by atoms with Crippen LogP contribution in [0.25, 0.3) is 0 Å². The third-order valence-corrected chi connectivity index (χ3v) is 3.95. The van der Waals surface area contributed by atoms with Gasteiger partial charge in [0.1, 0.15) is 0 Å². The zero-order chi connectivity index (χ0) is 10.9. The molecule has 0 radical (unpaired) electrons. The summed E-state index contributed by atoms with van der Waals surface area (Å²) in [6.45, 7) is 8.81. The summed E-state index contributed by atoms with van der Waals surface area (Å²) in [5.41, 5.74) is 0.0337. The van der Waals surface area contributed by atoms with Crippen LogP contribution >= 0.6 is 0 Å². The van der Waals surface area contributed by atoms with E-state index < -0.39 is 0 Å². The normalized spacial score (nSPS) is 41.4. The molecule has 88 valence electrons. The smallest absolute Gasteiger partial charge is 0.0754 e. The van der Waals surface area contributed by atoms with Crippen LogP contribution in [0.5, 0.6) is 0 Å². The summed E-state index contributed by atoms with van der Waals surface area (Å²) in [5.74, 6) is 1.74. The maximum Gasteiger partial charge on any atom is 0.0754 e.